The highest BCUT2D eigenvalue weighted by Gasteiger charge is 2.15. The van der Waals surface area contributed by atoms with Crippen molar-refractivity contribution < 1.29 is 9.90 Å². The van der Waals surface area contributed by atoms with E-state index in [4.69, 9.17) is 5.11 Å². The van der Waals surface area contributed by atoms with Gasteiger partial charge in [0, 0.05) is 23.5 Å². The summed E-state index contributed by atoms with van der Waals surface area (Å²) in [5.41, 5.74) is 1.58. The van der Waals surface area contributed by atoms with Gasteiger partial charge in [-0.3, -0.25) is 9.36 Å². The fourth-order valence-electron chi connectivity index (χ4n) is 1.90. The number of aryl methyl sites for hydroxylation is 1. The second-order valence-corrected chi connectivity index (χ2v) is 4.74. The highest BCUT2D eigenvalue weighted by molar-refractivity contribution is 5.70. The Bertz CT molecular complexity index is 506. The van der Waals surface area contributed by atoms with E-state index >= 15 is 0 Å². The Kier molecular flexibility index (Phi) is 4.64. The van der Waals surface area contributed by atoms with E-state index in [-0.39, 0.29) is 12.1 Å². The van der Waals surface area contributed by atoms with E-state index in [9.17, 15) is 9.59 Å². The fraction of sp³-hybridized carbons (Fsp3) is 0.615. The summed E-state index contributed by atoms with van der Waals surface area (Å²) in [5, 5.41) is 8.89. The molecule has 1 aromatic heterocycles. The first-order chi connectivity index (χ1) is 8.36. The van der Waals surface area contributed by atoms with Crippen molar-refractivity contribution >= 4 is 5.97 Å². The van der Waals surface area contributed by atoms with Crippen LogP contribution in [0.15, 0.2) is 4.79 Å². The number of nitrogens with zero attached hydrogens (tertiary/aromatic N) is 2. The maximum absolute atomic E-state index is 11.9. The Labute approximate surface area is 106 Å². The molecule has 1 N–H and O–H groups in total. The molecule has 1 unspecified atom stereocenters. The molecule has 0 aromatic carbocycles. The largest absolute Gasteiger partial charge is 0.481 e. The number of hydrogen-bond donors (Lipinski definition) is 1. The molecule has 0 fully saturated rings. The molecule has 0 aliphatic carbocycles. The number of carboxylic acid groups (broad SMARTS) is 1. The molecule has 0 radical (unpaired) electrons. The summed E-state index contributed by atoms with van der Waals surface area (Å²) >= 11 is 0. The van der Waals surface area contributed by atoms with Gasteiger partial charge < -0.3 is 5.11 Å². The second kappa shape index (κ2) is 5.80. The van der Waals surface area contributed by atoms with Crippen LogP contribution in [0.1, 0.15) is 37.2 Å². The van der Waals surface area contributed by atoms with Crippen LogP contribution < -0.4 is 5.69 Å². The minimum atomic E-state index is -0.906. The maximum Gasteiger partial charge on any atom is 0.347 e. The van der Waals surface area contributed by atoms with Crippen molar-refractivity contribution in [3.05, 3.63) is 27.4 Å². The summed E-state index contributed by atoms with van der Waals surface area (Å²) in [5.74, 6) is -0.541. The van der Waals surface area contributed by atoms with Gasteiger partial charge in [0.2, 0.25) is 0 Å². The Morgan fingerprint density at radius 3 is 2.56 bits per heavy atom. The number of rotatable bonds is 5. The van der Waals surface area contributed by atoms with Gasteiger partial charge >= 0.3 is 11.7 Å². The standard InChI is InChI=1S/C13H20N2O3/c1-5-8(2)7-15-10(4)11(6-12(16)17)9(3)14-13(15)18/h8H,5-7H2,1-4H3,(H,16,17). The normalized spacial score (nSPS) is 12.4. The zero-order valence-electron chi connectivity index (χ0n) is 11.4. The topological polar surface area (TPSA) is 72.2 Å². The quantitative estimate of drug-likeness (QED) is 0.862. The van der Waals surface area contributed by atoms with Crippen LogP contribution in [-0.2, 0) is 17.8 Å². The summed E-state index contributed by atoms with van der Waals surface area (Å²) in [6, 6.07) is 0. The molecule has 0 aliphatic heterocycles. The molecule has 1 atom stereocenters. The number of hydrogen-bond acceptors (Lipinski definition) is 3. The van der Waals surface area contributed by atoms with Gasteiger partial charge in [-0.2, -0.15) is 4.98 Å². The first kappa shape index (κ1) is 14.4. The maximum atomic E-state index is 11.9. The van der Waals surface area contributed by atoms with Gasteiger partial charge in [-0.1, -0.05) is 20.3 Å². The van der Waals surface area contributed by atoms with Gasteiger partial charge in [-0.25, -0.2) is 4.79 Å². The molecular formula is C13H20N2O3. The van der Waals surface area contributed by atoms with Gasteiger partial charge in [0.1, 0.15) is 0 Å². The SMILES string of the molecule is CCC(C)Cn1c(C)c(CC(=O)O)c(C)nc1=O. The molecule has 5 nitrogen and oxygen atoms in total. The van der Waals surface area contributed by atoms with Crippen molar-refractivity contribution in [2.75, 3.05) is 0 Å². The van der Waals surface area contributed by atoms with Gasteiger partial charge in [0.05, 0.1) is 6.42 Å². The molecule has 0 saturated heterocycles. The van der Waals surface area contributed by atoms with E-state index in [1.54, 1.807) is 18.4 Å². The minimum absolute atomic E-state index is 0.0918. The van der Waals surface area contributed by atoms with Gasteiger partial charge in [-0.15, -0.1) is 0 Å². The molecule has 5 heteroatoms. The van der Waals surface area contributed by atoms with Crippen LogP contribution in [0.2, 0.25) is 0 Å². The predicted molar refractivity (Wildman–Crippen MR) is 68.8 cm³/mol. The lowest BCUT2D eigenvalue weighted by Gasteiger charge is -2.17. The number of aliphatic carboxylic acids is 1. The van der Waals surface area contributed by atoms with Gasteiger partial charge in [0.25, 0.3) is 0 Å². The van der Waals surface area contributed by atoms with Gasteiger partial charge in [0.15, 0.2) is 0 Å². The lowest BCUT2D eigenvalue weighted by Crippen LogP contribution is -2.30. The van der Waals surface area contributed by atoms with Crippen molar-refractivity contribution in [2.45, 2.75) is 47.1 Å². The fourth-order valence-corrected chi connectivity index (χ4v) is 1.90. The third kappa shape index (κ3) is 3.18. The first-order valence-electron chi connectivity index (χ1n) is 6.15. The number of aromatic nitrogens is 2. The molecule has 0 amide bonds. The summed E-state index contributed by atoms with van der Waals surface area (Å²) in [4.78, 5) is 26.6. The lowest BCUT2D eigenvalue weighted by molar-refractivity contribution is -0.136. The van der Waals surface area contributed by atoms with Crippen LogP contribution in [0, 0.1) is 19.8 Å². The molecule has 0 spiro atoms. The van der Waals surface area contributed by atoms with Crippen LogP contribution in [0.25, 0.3) is 0 Å². The molecule has 0 saturated carbocycles. The van der Waals surface area contributed by atoms with Crippen LogP contribution in [-0.4, -0.2) is 20.6 Å². The van der Waals surface area contributed by atoms with Crippen molar-refractivity contribution in [1.82, 2.24) is 9.55 Å². The van der Waals surface area contributed by atoms with Crippen LogP contribution in [0.3, 0.4) is 0 Å². The molecule has 1 aromatic rings. The summed E-state index contributed by atoms with van der Waals surface area (Å²) < 4.78 is 1.58. The molecule has 0 bridgehead atoms. The van der Waals surface area contributed by atoms with Crippen LogP contribution >= 0.6 is 0 Å². The Morgan fingerprint density at radius 1 is 1.44 bits per heavy atom. The van der Waals surface area contributed by atoms with E-state index in [0.717, 1.165) is 12.1 Å². The third-order valence-electron chi connectivity index (χ3n) is 3.29. The molecule has 18 heavy (non-hydrogen) atoms. The molecule has 1 rings (SSSR count). The first-order valence-corrected chi connectivity index (χ1v) is 6.15. The molecule has 1 heterocycles. The Morgan fingerprint density at radius 2 is 2.06 bits per heavy atom. The van der Waals surface area contributed by atoms with E-state index in [1.165, 1.54) is 0 Å². The van der Waals surface area contributed by atoms with Crippen molar-refractivity contribution in [3.63, 3.8) is 0 Å². The highest BCUT2D eigenvalue weighted by Crippen LogP contribution is 2.12. The zero-order chi connectivity index (χ0) is 13.9. The van der Waals surface area contributed by atoms with E-state index < -0.39 is 5.97 Å². The Balaban J connectivity index is 3.26. The zero-order valence-corrected chi connectivity index (χ0v) is 11.4. The number of carbonyl (C=O) groups is 1. The summed E-state index contributed by atoms with van der Waals surface area (Å²) in [6.45, 7) is 8.17. The van der Waals surface area contributed by atoms with E-state index in [2.05, 4.69) is 18.8 Å². The average Bonchev–Trinajstić information content (AvgIpc) is 2.29. The second-order valence-electron chi connectivity index (χ2n) is 4.74. The van der Waals surface area contributed by atoms with Crippen LogP contribution in [0.4, 0.5) is 0 Å². The summed E-state index contributed by atoms with van der Waals surface area (Å²) in [7, 11) is 0. The smallest absolute Gasteiger partial charge is 0.347 e. The van der Waals surface area contributed by atoms with Crippen molar-refractivity contribution in [3.8, 4) is 0 Å². The lowest BCUT2D eigenvalue weighted by atomic mass is 10.1. The highest BCUT2D eigenvalue weighted by atomic mass is 16.4. The molecular weight excluding hydrogens is 232 g/mol. The third-order valence-corrected chi connectivity index (χ3v) is 3.29. The summed E-state index contributed by atoms with van der Waals surface area (Å²) in [6.07, 6.45) is 0.874. The van der Waals surface area contributed by atoms with E-state index in [1.807, 2.05) is 0 Å². The van der Waals surface area contributed by atoms with Crippen molar-refractivity contribution in [2.24, 2.45) is 5.92 Å². The Hall–Kier alpha value is -1.65. The van der Waals surface area contributed by atoms with Gasteiger partial charge in [-0.05, 0) is 19.8 Å². The van der Waals surface area contributed by atoms with Crippen molar-refractivity contribution in [1.29, 1.82) is 0 Å². The van der Waals surface area contributed by atoms with Crippen LogP contribution in [0.5, 0.6) is 0 Å². The monoisotopic (exact) mass is 252 g/mol. The van der Waals surface area contributed by atoms with E-state index in [0.29, 0.717) is 23.7 Å². The average molecular weight is 252 g/mol. The molecule has 100 valence electrons. The predicted octanol–water partition coefficient (Wildman–Crippen LogP) is 1.53. The minimum Gasteiger partial charge on any atom is -0.481 e. The number of carboxylic acids is 1. The molecule has 0 aliphatic rings.